The van der Waals surface area contributed by atoms with Gasteiger partial charge in [-0.1, -0.05) is 17.7 Å². The quantitative estimate of drug-likeness (QED) is 0.796. The van der Waals surface area contributed by atoms with Crippen molar-refractivity contribution in [2.24, 2.45) is 0 Å². The first kappa shape index (κ1) is 16.9. The van der Waals surface area contributed by atoms with Gasteiger partial charge in [0.15, 0.2) is 0 Å². The average molecular weight is 348 g/mol. The molecule has 3 rings (SSSR count). The first-order valence-electron chi connectivity index (χ1n) is 7.94. The van der Waals surface area contributed by atoms with E-state index in [4.69, 9.17) is 11.6 Å². The highest BCUT2D eigenvalue weighted by Gasteiger charge is 2.30. The summed E-state index contributed by atoms with van der Waals surface area (Å²) in [6.45, 7) is 1.79. The number of piperidine rings is 1. The molecule has 1 aliphatic rings. The van der Waals surface area contributed by atoms with Gasteiger partial charge in [0.25, 0.3) is 5.91 Å². The topological polar surface area (TPSA) is 36.4 Å². The molecule has 0 saturated carbocycles. The minimum absolute atomic E-state index is 0.00627. The van der Waals surface area contributed by atoms with Gasteiger partial charge in [0.1, 0.15) is 11.0 Å². The van der Waals surface area contributed by atoms with Crippen molar-refractivity contribution in [2.75, 3.05) is 25.0 Å². The van der Waals surface area contributed by atoms with E-state index in [0.29, 0.717) is 11.3 Å². The van der Waals surface area contributed by atoms with Gasteiger partial charge < -0.3 is 9.80 Å². The number of carbonyl (C=O) groups excluding carboxylic acids is 1. The molecule has 0 atom stereocenters. The summed E-state index contributed by atoms with van der Waals surface area (Å²) in [5.74, 6) is -0.608. The lowest BCUT2D eigenvalue weighted by Gasteiger charge is -2.37. The molecule has 24 heavy (non-hydrogen) atoms. The molecule has 0 bridgehead atoms. The molecular weight excluding hydrogens is 329 g/mol. The Morgan fingerprint density at radius 2 is 2.04 bits per heavy atom. The van der Waals surface area contributed by atoms with E-state index in [-0.39, 0.29) is 22.9 Å². The number of aromatic nitrogens is 1. The fourth-order valence-corrected chi connectivity index (χ4v) is 3.25. The van der Waals surface area contributed by atoms with E-state index in [2.05, 4.69) is 16.9 Å². The molecule has 0 spiro atoms. The van der Waals surface area contributed by atoms with Crippen molar-refractivity contribution in [2.45, 2.75) is 18.9 Å². The predicted molar refractivity (Wildman–Crippen MR) is 93.0 cm³/mol. The van der Waals surface area contributed by atoms with Crippen molar-refractivity contribution in [1.82, 2.24) is 9.88 Å². The standard InChI is InChI=1S/C18H19ClFN3O/c1-22-10-7-14(8-11-22)23(15-5-2-4-13(20)12-15)18(24)16-6-3-9-21-17(16)19/h2-6,9,12,14H,7-8,10-11H2,1H3. The maximum atomic E-state index is 13.7. The largest absolute Gasteiger partial charge is 0.306 e. The number of benzene rings is 1. The number of anilines is 1. The van der Waals surface area contributed by atoms with Crippen molar-refractivity contribution >= 4 is 23.2 Å². The van der Waals surface area contributed by atoms with E-state index >= 15 is 0 Å². The first-order valence-corrected chi connectivity index (χ1v) is 8.32. The first-order chi connectivity index (χ1) is 11.6. The molecule has 1 saturated heterocycles. The molecule has 126 valence electrons. The van der Waals surface area contributed by atoms with E-state index < -0.39 is 0 Å². The smallest absolute Gasteiger partial charge is 0.261 e. The maximum Gasteiger partial charge on any atom is 0.261 e. The van der Waals surface area contributed by atoms with Gasteiger partial charge in [0.05, 0.1) is 5.56 Å². The van der Waals surface area contributed by atoms with Crippen LogP contribution in [0.15, 0.2) is 42.6 Å². The second-order valence-electron chi connectivity index (χ2n) is 6.03. The molecular formula is C18H19ClFN3O. The summed E-state index contributed by atoms with van der Waals surface area (Å²) < 4.78 is 13.7. The lowest BCUT2D eigenvalue weighted by molar-refractivity contribution is 0.0963. The number of rotatable bonds is 3. The van der Waals surface area contributed by atoms with Crippen LogP contribution < -0.4 is 4.90 Å². The highest BCUT2D eigenvalue weighted by atomic mass is 35.5. The Hall–Kier alpha value is -1.98. The summed E-state index contributed by atoms with van der Waals surface area (Å²) in [5, 5.41) is 0.164. The normalized spacial score (nSPS) is 16.1. The summed E-state index contributed by atoms with van der Waals surface area (Å²) in [6, 6.07) is 9.47. The van der Waals surface area contributed by atoms with E-state index in [1.807, 2.05) is 0 Å². The summed E-state index contributed by atoms with van der Waals surface area (Å²) in [6.07, 6.45) is 3.20. The fourth-order valence-electron chi connectivity index (χ4n) is 3.05. The third-order valence-corrected chi connectivity index (χ3v) is 4.65. The summed E-state index contributed by atoms with van der Waals surface area (Å²) in [7, 11) is 2.06. The molecule has 2 aromatic rings. The van der Waals surface area contributed by atoms with Crippen LogP contribution in [0.4, 0.5) is 10.1 Å². The second-order valence-corrected chi connectivity index (χ2v) is 6.39. The van der Waals surface area contributed by atoms with Gasteiger partial charge in [-0.15, -0.1) is 0 Å². The van der Waals surface area contributed by atoms with Crippen LogP contribution in [0, 0.1) is 5.82 Å². The molecule has 0 N–H and O–H groups in total. The Bertz CT molecular complexity index is 732. The van der Waals surface area contributed by atoms with E-state index in [1.54, 1.807) is 35.4 Å². The zero-order valence-electron chi connectivity index (χ0n) is 13.5. The molecule has 1 aromatic heterocycles. The molecule has 6 heteroatoms. The SMILES string of the molecule is CN1CCC(N(C(=O)c2cccnc2Cl)c2cccc(F)c2)CC1. The third-order valence-electron chi connectivity index (χ3n) is 4.35. The Labute approximate surface area is 145 Å². The van der Waals surface area contributed by atoms with Crippen molar-refractivity contribution in [3.63, 3.8) is 0 Å². The van der Waals surface area contributed by atoms with Crippen molar-refractivity contribution in [3.8, 4) is 0 Å². The van der Waals surface area contributed by atoms with Crippen LogP contribution in [0.1, 0.15) is 23.2 Å². The number of amides is 1. The molecule has 1 amide bonds. The lowest BCUT2D eigenvalue weighted by atomic mass is 10.0. The molecule has 0 unspecified atom stereocenters. The lowest BCUT2D eigenvalue weighted by Crippen LogP contribution is -2.47. The second kappa shape index (κ2) is 7.28. The monoisotopic (exact) mass is 347 g/mol. The van der Waals surface area contributed by atoms with Crippen LogP contribution in [0.2, 0.25) is 5.15 Å². The molecule has 0 radical (unpaired) electrons. The predicted octanol–water partition coefficient (Wildman–Crippen LogP) is 3.62. The molecule has 2 heterocycles. The van der Waals surface area contributed by atoms with Crippen molar-refractivity contribution < 1.29 is 9.18 Å². The Morgan fingerprint density at radius 3 is 2.71 bits per heavy atom. The Balaban J connectivity index is 1.98. The van der Waals surface area contributed by atoms with Gasteiger partial charge in [-0.2, -0.15) is 0 Å². The minimum atomic E-state index is -0.365. The van der Waals surface area contributed by atoms with Crippen LogP contribution in [0.3, 0.4) is 0 Å². The molecule has 0 aliphatic carbocycles. The molecule has 1 aromatic carbocycles. The van der Waals surface area contributed by atoms with Gasteiger partial charge >= 0.3 is 0 Å². The van der Waals surface area contributed by atoms with Gasteiger partial charge in [-0.05, 0) is 63.3 Å². The van der Waals surface area contributed by atoms with E-state index in [1.165, 1.54) is 12.1 Å². The van der Waals surface area contributed by atoms with E-state index in [9.17, 15) is 9.18 Å². The number of likely N-dealkylation sites (tertiary alicyclic amines) is 1. The van der Waals surface area contributed by atoms with E-state index in [0.717, 1.165) is 25.9 Å². The minimum Gasteiger partial charge on any atom is -0.306 e. The average Bonchev–Trinajstić information content (AvgIpc) is 2.57. The van der Waals surface area contributed by atoms with Crippen LogP contribution in [-0.4, -0.2) is 42.0 Å². The molecule has 4 nitrogen and oxygen atoms in total. The number of nitrogens with zero attached hydrogens (tertiary/aromatic N) is 3. The van der Waals surface area contributed by atoms with Gasteiger partial charge in [0.2, 0.25) is 0 Å². The summed E-state index contributed by atoms with van der Waals surface area (Å²) in [4.78, 5) is 21.0. The highest BCUT2D eigenvalue weighted by Crippen LogP contribution is 2.27. The Morgan fingerprint density at radius 1 is 1.29 bits per heavy atom. The van der Waals surface area contributed by atoms with Crippen LogP contribution >= 0.6 is 11.6 Å². The van der Waals surface area contributed by atoms with Gasteiger partial charge in [0, 0.05) is 17.9 Å². The zero-order chi connectivity index (χ0) is 17.1. The van der Waals surface area contributed by atoms with Crippen LogP contribution in [0.25, 0.3) is 0 Å². The van der Waals surface area contributed by atoms with Crippen molar-refractivity contribution in [3.05, 3.63) is 59.1 Å². The maximum absolute atomic E-state index is 13.7. The third kappa shape index (κ3) is 3.57. The highest BCUT2D eigenvalue weighted by molar-refractivity contribution is 6.33. The van der Waals surface area contributed by atoms with Crippen LogP contribution in [0.5, 0.6) is 0 Å². The number of pyridine rings is 1. The van der Waals surface area contributed by atoms with Gasteiger partial charge in [-0.25, -0.2) is 9.37 Å². The zero-order valence-corrected chi connectivity index (χ0v) is 14.2. The Kier molecular flexibility index (Phi) is 5.11. The molecule has 1 fully saturated rings. The summed E-state index contributed by atoms with van der Waals surface area (Å²) >= 11 is 6.10. The summed E-state index contributed by atoms with van der Waals surface area (Å²) in [5.41, 5.74) is 0.886. The number of carbonyl (C=O) groups is 1. The van der Waals surface area contributed by atoms with Crippen molar-refractivity contribution in [1.29, 1.82) is 0 Å². The van der Waals surface area contributed by atoms with Gasteiger partial charge in [-0.3, -0.25) is 4.79 Å². The number of hydrogen-bond donors (Lipinski definition) is 0. The fraction of sp³-hybridized carbons (Fsp3) is 0.333. The number of hydrogen-bond acceptors (Lipinski definition) is 3. The van der Waals surface area contributed by atoms with Crippen LogP contribution in [-0.2, 0) is 0 Å². The number of halogens is 2. The molecule has 1 aliphatic heterocycles.